The smallest absolute Gasteiger partial charge is 0.281 e. The van der Waals surface area contributed by atoms with Gasteiger partial charge in [0, 0.05) is 40.3 Å². The molecule has 1 fully saturated rings. The Morgan fingerprint density at radius 3 is 2.06 bits per heavy atom. The van der Waals surface area contributed by atoms with E-state index in [4.69, 9.17) is 5.73 Å². The van der Waals surface area contributed by atoms with E-state index in [0.717, 1.165) is 0 Å². The van der Waals surface area contributed by atoms with Crippen LogP contribution >= 0.6 is 0 Å². The summed E-state index contributed by atoms with van der Waals surface area (Å²) in [6.45, 7) is 3.06. The summed E-state index contributed by atoms with van der Waals surface area (Å²) in [5, 5.41) is 0. The lowest BCUT2D eigenvalue weighted by Gasteiger charge is -2.35. The maximum Gasteiger partial charge on any atom is 0.281 e. The highest BCUT2D eigenvalue weighted by molar-refractivity contribution is 7.86. The molecule has 100 valence electrons. The Morgan fingerprint density at radius 2 is 1.71 bits per heavy atom. The summed E-state index contributed by atoms with van der Waals surface area (Å²) < 4.78 is 26.2. The standard InChI is InChI=1S/C9H20N4O3S/c1-8(10)9(14)12-4-6-13(7-5-12)17(15,16)11(2)3/h8H,4-7,10H2,1-3H3/t8-/m1/s1. The molecule has 0 spiro atoms. The van der Waals surface area contributed by atoms with Gasteiger partial charge in [-0.1, -0.05) is 0 Å². The minimum absolute atomic E-state index is 0.132. The van der Waals surface area contributed by atoms with Gasteiger partial charge in [-0.05, 0) is 6.92 Å². The zero-order chi connectivity index (χ0) is 13.2. The first-order valence-electron chi connectivity index (χ1n) is 5.48. The van der Waals surface area contributed by atoms with Crippen LogP contribution in [0, 0.1) is 0 Å². The highest BCUT2D eigenvalue weighted by atomic mass is 32.2. The third-order valence-electron chi connectivity index (χ3n) is 2.73. The largest absolute Gasteiger partial charge is 0.339 e. The molecule has 0 aromatic rings. The van der Waals surface area contributed by atoms with Crippen LogP contribution < -0.4 is 5.73 Å². The first-order chi connectivity index (χ1) is 7.76. The third-order valence-corrected chi connectivity index (χ3v) is 4.67. The van der Waals surface area contributed by atoms with Crippen LogP contribution in [-0.2, 0) is 15.0 Å². The van der Waals surface area contributed by atoms with Gasteiger partial charge in [0.25, 0.3) is 10.2 Å². The van der Waals surface area contributed by atoms with E-state index in [1.165, 1.54) is 22.7 Å². The number of hydrogen-bond acceptors (Lipinski definition) is 4. The molecule has 0 aromatic carbocycles. The Balaban J connectivity index is 2.61. The number of nitrogens with zero attached hydrogens (tertiary/aromatic N) is 3. The van der Waals surface area contributed by atoms with Gasteiger partial charge in [-0.25, -0.2) is 0 Å². The Hall–Kier alpha value is -0.700. The molecule has 7 nitrogen and oxygen atoms in total. The molecule has 2 N–H and O–H groups in total. The Kier molecular flexibility index (Phi) is 4.48. The van der Waals surface area contributed by atoms with Crippen molar-refractivity contribution in [3.63, 3.8) is 0 Å². The van der Waals surface area contributed by atoms with Crippen molar-refractivity contribution in [3.8, 4) is 0 Å². The minimum Gasteiger partial charge on any atom is -0.339 e. The van der Waals surface area contributed by atoms with E-state index in [-0.39, 0.29) is 5.91 Å². The normalized spacial score (nSPS) is 20.6. The van der Waals surface area contributed by atoms with E-state index in [9.17, 15) is 13.2 Å². The molecule has 1 heterocycles. The quantitative estimate of drug-likeness (QED) is 0.657. The summed E-state index contributed by atoms with van der Waals surface area (Å²) in [5.74, 6) is -0.132. The SMILES string of the molecule is C[C@@H](N)C(=O)N1CCN(S(=O)(=O)N(C)C)CC1. The number of hydrogen-bond donors (Lipinski definition) is 1. The average molecular weight is 264 g/mol. The summed E-state index contributed by atoms with van der Waals surface area (Å²) >= 11 is 0. The zero-order valence-electron chi connectivity index (χ0n) is 10.5. The number of amides is 1. The molecule has 0 aliphatic carbocycles. The number of piperazine rings is 1. The molecule has 0 bridgehead atoms. The molecule has 0 saturated carbocycles. The van der Waals surface area contributed by atoms with Crippen molar-refractivity contribution in [1.82, 2.24) is 13.5 Å². The molecule has 1 atom stereocenters. The molecular formula is C9H20N4O3S. The van der Waals surface area contributed by atoms with Crippen LogP contribution in [0.4, 0.5) is 0 Å². The van der Waals surface area contributed by atoms with Crippen LogP contribution in [0.25, 0.3) is 0 Å². The van der Waals surface area contributed by atoms with Crippen molar-refractivity contribution in [1.29, 1.82) is 0 Å². The fraction of sp³-hybridized carbons (Fsp3) is 0.889. The number of rotatable bonds is 3. The molecule has 1 aliphatic rings. The van der Waals surface area contributed by atoms with E-state index < -0.39 is 16.3 Å². The first kappa shape index (κ1) is 14.4. The second-order valence-corrected chi connectivity index (χ2v) is 6.45. The predicted octanol–water partition coefficient (Wildman–Crippen LogP) is -1.72. The van der Waals surface area contributed by atoms with Crippen LogP contribution in [0.5, 0.6) is 0 Å². The molecule has 1 rings (SSSR count). The summed E-state index contributed by atoms with van der Waals surface area (Å²) in [7, 11) is -0.382. The van der Waals surface area contributed by atoms with Gasteiger partial charge in [0.1, 0.15) is 0 Å². The van der Waals surface area contributed by atoms with Crippen molar-refractivity contribution in [2.24, 2.45) is 5.73 Å². The van der Waals surface area contributed by atoms with Crippen LogP contribution in [0.15, 0.2) is 0 Å². The second-order valence-electron chi connectivity index (χ2n) is 4.30. The van der Waals surface area contributed by atoms with Crippen molar-refractivity contribution in [2.45, 2.75) is 13.0 Å². The lowest BCUT2D eigenvalue weighted by atomic mass is 10.2. The van der Waals surface area contributed by atoms with E-state index in [2.05, 4.69) is 0 Å². The maximum atomic E-state index is 11.8. The highest BCUT2D eigenvalue weighted by Crippen LogP contribution is 2.10. The Bertz CT molecular complexity index is 372. The molecule has 1 amide bonds. The van der Waals surface area contributed by atoms with Crippen LogP contribution in [0.2, 0.25) is 0 Å². The fourth-order valence-electron chi connectivity index (χ4n) is 1.66. The number of carbonyl (C=O) groups is 1. The molecule has 1 aliphatic heterocycles. The van der Waals surface area contributed by atoms with Gasteiger partial charge in [0.15, 0.2) is 0 Å². The topological polar surface area (TPSA) is 87.0 Å². The van der Waals surface area contributed by atoms with Crippen LogP contribution in [-0.4, -0.2) is 74.2 Å². The van der Waals surface area contributed by atoms with Gasteiger partial charge in [-0.2, -0.15) is 17.0 Å². The highest BCUT2D eigenvalue weighted by Gasteiger charge is 2.30. The predicted molar refractivity (Wildman–Crippen MR) is 64.4 cm³/mol. The van der Waals surface area contributed by atoms with E-state index in [1.54, 1.807) is 11.8 Å². The number of carbonyl (C=O) groups excluding carboxylic acids is 1. The maximum absolute atomic E-state index is 11.8. The van der Waals surface area contributed by atoms with Crippen molar-refractivity contribution in [3.05, 3.63) is 0 Å². The minimum atomic E-state index is -3.37. The second kappa shape index (κ2) is 5.30. The van der Waals surface area contributed by atoms with Gasteiger partial charge in [-0.15, -0.1) is 0 Å². The molecular weight excluding hydrogens is 244 g/mol. The molecule has 8 heteroatoms. The lowest BCUT2D eigenvalue weighted by Crippen LogP contribution is -2.55. The zero-order valence-corrected chi connectivity index (χ0v) is 11.3. The summed E-state index contributed by atoms with van der Waals surface area (Å²) in [5.41, 5.74) is 5.50. The van der Waals surface area contributed by atoms with Crippen molar-refractivity contribution in [2.75, 3.05) is 40.3 Å². The van der Waals surface area contributed by atoms with Gasteiger partial charge in [-0.3, -0.25) is 4.79 Å². The monoisotopic (exact) mass is 264 g/mol. The van der Waals surface area contributed by atoms with Crippen LogP contribution in [0.3, 0.4) is 0 Å². The van der Waals surface area contributed by atoms with E-state index >= 15 is 0 Å². The van der Waals surface area contributed by atoms with Gasteiger partial charge >= 0.3 is 0 Å². The summed E-state index contributed by atoms with van der Waals surface area (Å²) in [4.78, 5) is 13.2. The molecule has 0 radical (unpaired) electrons. The van der Waals surface area contributed by atoms with Gasteiger partial charge < -0.3 is 10.6 Å². The molecule has 0 aromatic heterocycles. The van der Waals surface area contributed by atoms with Gasteiger partial charge in [0.05, 0.1) is 6.04 Å². The van der Waals surface area contributed by atoms with Crippen molar-refractivity contribution < 1.29 is 13.2 Å². The molecule has 17 heavy (non-hydrogen) atoms. The van der Waals surface area contributed by atoms with E-state index in [0.29, 0.717) is 26.2 Å². The summed E-state index contributed by atoms with van der Waals surface area (Å²) in [6, 6.07) is -0.535. The molecule has 0 unspecified atom stereocenters. The Labute approximate surface area is 102 Å². The first-order valence-corrected chi connectivity index (χ1v) is 6.88. The molecule has 1 saturated heterocycles. The lowest BCUT2D eigenvalue weighted by molar-refractivity contribution is -0.133. The fourth-order valence-corrected chi connectivity index (χ4v) is 2.74. The Morgan fingerprint density at radius 1 is 1.24 bits per heavy atom. The number of nitrogens with two attached hydrogens (primary N) is 1. The summed E-state index contributed by atoms with van der Waals surface area (Å²) in [6.07, 6.45) is 0. The van der Waals surface area contributed by atoms with Crippen LogP contribution in [0.1, 0.15) is 6.92 Å². The average Bonchev–Trinajstić information content (AvgIpc) is 2.27. The third kappa shape index (κ3) is 3.15. The van der Waals surface area contributed by atoms with E-state index in [1.807, 2.05) is 0 Å². The van der Waals surface area contributed by atoms with Gasteiger partial charge in [0.2, 0.25) is 5.91 Å². The van der Waals surface area contributed by atoms with Crippen molar-refractivity contribution >= 4 is 16.1 Å².